The molecule has 5 rings (SSSR count). The molecule has 7 heteroatoms. The second kappa shape index (κ2) is 9.70. The van der Waals surface area contributed by atoms with Gasteiger partial charge in [-0.2, -0.15) is 0 Å². The molecule has 1 N–H and O–H groups in total. The molecule has 0 bridgehead atoms. The van der Waals surface area contributed by atoms with Crippen LogP contribution < -0.4 is 10.4 Å². The number of fused-ring (bicyclic) bond motifs is 1. The molecule has 0 unspecified atom stereocenters. The van der Waals surface area contributed by atoms with E-state index in [2.05, 4.69) is 0 Å². The fourth-order valence-corrected chi connectivity index (χ4v) is 4.85. The molecule has 1 saturated heterocycles. The van der Waals surface area contributed by atoms with Crippen LogP contribution in [0.2, 0.25) is 0 Å². The number of ether oxygens (including phenoxy) is 1. The van der Waals surface area contributed by atoms with Crippen LogP contribution >= 0.6 is 0 Å². The number of carboxylic acids is 1. The summed E-state index contributed by atoms with van der Waals surface area (Å²) in [5.41, 5.74) is 1.33. The summed E-state index contributed by atoms with van der Waals surface area (Å²) in [7, 11) is 0. The van der Waals surface area contributed by atoms with Crippen LogP contribution in [0.3, 0.4) is 0 Å². The third-order valence-corrected chi connectivity index (χ3v) is 6.87. The molecule has 3 aromatic carbocycles. The summed E-state index contributed by atoms with van der Waals surface area (Å²) < 4.78 is 11.1. The largest absolute Gasteiger partial charge is 0.484 e. The van der Waals surface area contributed by atoms with E-state index in [4.69, 9.17) is 9.15 Å². The van der Waals surface area contributed by atoms with Crippen molar-refractivity contribution >= 4 is 22.8 Å². The second-order valence-electron chi connectivity index (χ2n) is 8.93. The number of carbonyl (C=O) groups is 2. The number of piperidine rings is 1. The Hall–Kier alpha value is -4.39. The van der Waals surface area contributed by atoms with Crippen LogP contribution in [0.5, 0.6) is 5.75 Å². The quantitative estimate of drug-likeness (QED) is 0.406. The first-order valence-electron chi connectivity index (χ1n) is 11.8. The number of likely N-dealkylation sites (tertiary alicyclic amines) is 1. The van der Waals surface area contributed by atoms with Crippen LogP contribution in [-0.2, 0) is 15.0 Å². The zero-order valence-corrected chi connectivity index (χ0v) is 19.6. The van der Waals surface area contributed by atoms with Gasteiger partial charge in [0, 0.05) is 30.6 Å². The summed E-state index contributed by atoms with van der Waals surface area (Å²) in [6.45, 7) is 0.465. The van der Waals surface area contributed by atoms with Crippen molar-refractivity contribution in [3.05, 3.63) is 101 Å². The van der Waals surface area contributed by atoms with Crippen molar-refractivity contribution in [2.45, 2.75) is 18.3 Å². The van der Waals surface area contributed by atoms with Crippen molar-refractivity contribution in [3.8, 4) is 16.9 Å². The fourth-order valence-electron chi connectivity index (χ4n) is 4.85. The number of nitrogens with zero attached hydrogens (tertiary/aromatic N) is 1. The van der Waals surface area contributed by atoms with Crippen LogP contribution in [-0.4, -0.2) is 41.6 Å². The minimum Gasteiger partial charge on any atom is -0.484 e. The third kappa shape index (κ3) is 4.47. The predicted octanol–water partition coefficient (Wildman–Crippen LogP) is 4.48. The molecule has 1 aliphatic heterocycles. The molecule has 182 valence electrons. The SMILES string of the molecule is O=C(COc1ccc2c(-c3ccccc3)cc(=O)oc2c1)N1CCC(C(=O)O)(c2ccccc2)CC1. The van der Waals surface area contributed by atoms with Crippen LogP contribution in [0.25, 0.3) is 22.1 Å². The Morgan fingerprint density at radius 2 is 1.58 bits per heavy atom. The number of amides is 1. The molecule has 1 fully saturated rings. The zero-order chi connectivity index (χ0) is 25.1. The maximum atomic E-state index is 12.8. The molecular weight excluding hydrogens is 458 g/mol. The maximum Gasteiger partial charge on any atom is 0.336 e. The molecule has 1 amide bonds. The number of carboxylic acid groups (broad SMARTS) is 1. The van der Waals surface area contributed by atoms with E-state index in [1.807, 2.05) is 66.7 Å². The van der Waals surface area contributed by atoms with E-state index >= 15 is 0 Å². The molecule has 1 aromatic heterocycles. The van der Waals surface area contributed by atoms with Gasteiger partial charge in [-0.05, 0) is 41.7 Å². The van der Waals surface area contributed by atoms with Crippen molar-refractivity contribution in [2.75, 3.05) is 19.7 Å². The molecule has 0 saturated carbocycles. The van der Waals surface area contributed by atoms with E-state index in [0.29, 0.717) is 37.3 Å². The van der Waals surface area contributed by atoms with Crippen molar-refractivity contribution in [2.24, 2.45) is 0 Å². The topological polar surface area (TPSA) is 97.1 Å². The van der Waals surface area contributed by atoms with Gasteiger partial charge in [-0.15, -0.1) is 0 Å². The average Bonchev–Trinajstić information content (AvgIpc) is 2.92. The average molecular weight is 484 g/mol. The molecule has 1 aliphatic rings. The number of rotatable bonds is 6. The summed E-state index contributed by atoms with van der Waals surface area (Å²) in [6, 6.07) is 25.4. The van der Waals surface area contributed by atoms with E-state index in [1.165, 1.54) is 6.07 Å². The van der Waals surface area contributed by atoms with Gasteiger partial charge < -0.3 is 19.2 Å². The first-order valence-corrected chi connectivity index (χ1v) is 11.8. The Balaban J connectivity index is 1.27. The van der Waals surface area contributed by atoms with Crippen molar-refractivity contribution in [1.29, 1.82) is 0 Å². The molecule has 36 heavy (non-hydrogen) atoms. The van der Waals surface area contributed by atoms with Crippen LogP contribution in [0, 0.1) is 0 Å². The fraction of sp³-hybridized carbons (Fsp3) is 0.207. The highest BCUT2D eigenvalue weighted by Gasteiger charge is 2.43. The van der Waals surface area contributed by atoms with Gasteiger partial charge in [-0.3, -0.25) is 9.59 Å². The van der Waals surface area contributed by atoms with E-state index in [-0.39, 0.29) is 12.5 Å². The molecule has 0 aliphatic carbocycles. The van der Waals surface area contributed by atoms with Crippen molar-refractivity contribution < 1.29 is 23.8 Å². The summed E-state index contributed by atoms with van der Waals surface area (Å²) in [5, 5.41) is 10.7. The van der Waals surface area contributed by atoms with E-state index < -0.39 is 17.0 Å². The van der Waals surface area contributed by atoms with E-state index in [0.717, 1.165) is 22.1 Å². The van der Waals surface area contributed by atoms with Gasteiger partial charge in [0.2, 0.25) is 0 Å². The highest BCUT2D eigenvalue weighted by atomic mass is 16.5. The van der Waals surface area contributed by atoms with Gasteiger partial charge in [0.05, 0.1) is 5.41 Å². The highest BCUT2D eigenvalue weighted by Crippen LogP contribution is 2.36. The lowest BCUT2D eigenvalue weighted by Gasteiger charge is -2.39. The van der Waals surface area contributed by atoms with Gasteiger partial charge in [0.1, 0.15) is 11.3 Å². The van der Waals surface area contributed by atoms with Crippen molar-refractivity contribution in [3.63, 3.8) is 0 Å². The highest BCUT2D eigenvalue weighted by molar-refractivity contribution is 5.93. The number of hydrogen-bond donors (Lipinski definition) is 1. The van der Waals surface area contributed by atoms with Gasteiger partial charge >= 0.3 is 11.6 Å². The van der Waals surface area contributed by atoms with Gasteiger partial charge in [-0.25, -0.2) is 4.79 Å². The number of benzene rings is 3. The predicted molar refractivity (Wildman–Crippen MR) is 135 cm³/mol. The first kappa shape index (κ1) is 23.4. The molecule has 2 heterocycles. The Morgan fingerprint density at radius 1 is 0.917 bits per heavy atom. The monoisotopic (exact) mass is 483 g/mol. The maximum absolute atomic E-state index is 12.8. The lowest BCUT2D eigenvalue weighted by atomic mass is 9.73. The Kier molecular flexibility index (Phi) is 6.29. The van der Waals surface area contributed by atoms with Crippen molar-refractivity contribution in [1.82, 2.24) is 4.90 Å². The standard InChI is InChI=1S/C29H25NO6/c31-26(30-15-13-29(14-16-30,28(33)34)21-9-5-2-6-10-21)19-35-22-11-12-23-24(20-7-3-1-4-8-20)18-27(32)36-25(23)17-22/h1-12,17-18H,13-16,19H2,(H,33,34). The van der Waals surface area contributed by atoms with Crippen LogP contribution in [0.1, 0.15) is 18.4 Å². The summed E-state index contributed by atoms with van der Waals surface area (Å²) >= 11 is 0. The zero-order valence-electron chi connectivity index (χ0n) is 19.6. The summed E-state index contributed by atoms with van der Waals surface area (Å²) in [5.74, 6) is -0.684. The summed E-state index contributed by atoms with van der Waals surface area (Å²) in [4.78, 5) is 38.8. The van der Waals surface area contributed by atoms with E-state index in [9.17, 15) is 19.5 Å². The number of hydrogen-bond acceptors (Lipinski definition) is 5. The molecule has 0 spiro atoms. The van der Waals surface area contributed by atoms with Gasteiger partial charge in [-0.1, -0.05) is 60.7 Å². The second-order valence-corrected chi connectivity index (χ2v) is 8.93. The minimum absolute atomic E-state index is 0.195. The lowest BCUT2D eigenvalue weighted by Crippen LogP contribution is -2.50. The molecule has 7 nitrogen and oxygen atoms in total. The molecule has 0 atom stereocenters. The number of aliphatic carboxylic acids is 1. The lowest BCUT2D eigenvalue weighted by molar-refractivity contribution is -0.148. The minimum atomic E-state index is -0.995. The smallest absolute Gasteiger partial charge is 0.336 e. The molecule has 0 radical (unpaired) electrons. The first-order chi connectivity index (χ1) is 17.5. The van der Waals surface area contributed by atoms with Gasteiger partial charge in [0.25, 0.3) is 5.91 Å². The molecular formula is C29H25NO6. The Morgan fingerprint density at radius 3 is 2.25 bits per heavy atom. The summed E-state index contributed by atoms with van der Waals surface area (Å²) in [6.07, 6.45) is 0.670. The Labute approximate surface area is 207 Å². The van der Waals surface area contributed by atoms with Crippen LogP contribution in [0.4, 0.5) is 0 Å². The Bertz CT molecular complexity index is 1450. The molecule has 4 aromatic rings. The van der Waals surface area contributed by atoms with Gasteiger partial charge in [0.15, 0.2) is 6.61 Å². The number of carbonyl (C=O) groups excluding carboxylic acids is 1. The normalized spacial score (nSPS) is 14.9. The van der Waals surface area contributed by atoms with E-state index in [1.54, 1.807) is 17.0 Å². The third-order valence-electron chi connectivity index (χ3n) is 6.87. The van der Waals surface area contributed by atoms with Crippen LogP contribution in [0.15, 0.2) is 94.1 Å².